The minimum Gasteiger partial charge on any atom is -0.355 e. The van der Waals surface area contributed by atoms with Crippen LogP contribution in [0.15, 0.2) is 41.0 Å². The van der Waals surface area contributed by atoms with Crippen molar-refractivity contribution in [3.05, 3.63) is 52.4 Å². The SMILES string of the molecule is CNCc1nccc(N(C)Cc2ccc(Br)cc2)n1. The van der Waals surface area contributed by atoms with Crippen molar-refractivity contribution in [1.82, 2.24) is 15.3 Å². The van der Waals surface area contributed by atoms with E-state index in [0.29, 0.717) is 6.54 Å². The number of rotatable bonds is 5. The van der Waals surface area contributed by atoms with E-state index in [0.717, 1.165) is 22.7 Å². The van der Waals surface area contributed by atoms with Gasteiger partial charge in [0.25, 0.3) is 0 Å². The fourth-order valence-corrected chi connectivity index (χ4v) is 2.05. The molecule has 0 unspecified atom stereocenters. The van der Waals surface area contributed by atoms with Crippen molar-refractivity contribution in [3.63, 3.8) is 0 Å². The van der Waals surface area contributed by atoms with Crippen molar-refractivity contribution < 1.29 is 0 Å². The third kappa shape index (κ3) is 4.01. The molecule has 19 heavy (non-hydrogen) atoms. The molecule has 0 atom stereocenters. The first-order valence-electron chi connectivity index (χ1n) is 6.11. The molecule has 1 aromatic carbocycles. The summed E-state index contributed by atoms with van der Waals surface area (Å²) in [5.74, 6) is 1.74. The van der Waals surface area contributed by atoms with E-state index >= 15 is 0 Å². The lowest BCUT2D eigenvalue weighted by molar-refractivity contribution is 0.750. The molecule has 0 aliphatic rings. The molecule has 0 fully saturated rings. The lowest BCUT2D eigenvalue weighted by Gasteiger charge is -2.18. The van der Waals surface area contributed by atoms with Gasteiger partial charge in [-0.15, -0.1) is 0 Å². The standard InChI is InChI=1S/C14H17BrN4/c1-16-9-13-17-8-7-14(18-13)19(2)10-11-3-5-12(15)6-4-11/h3-8,16H,9-10H2,1-2H3. The molecule has 5 heteroatoms. The smallest absolute Gasteiger partial charge is 0.144 e. The predicted octanol–water partition coefficient (Wildman–Crippen LogP) is 2.59. The molecule has 0 saturated heterocycles. The topological polar surface area (TPSA) is 41.1 Å². The van der Waals surface area contributed by atoms with Crippen LogP contribution in [0, 0.1) is 0 Å². The van der Waals surface area contributed by atoms with E-state index in [1.165, 1.54) is 5.56 Å². The minimum atomic E-state index is 0.681. The summed E-state index contributed by atoms with van der Waals surface area (Å²) in [6.07, 6.45) is 1.80. The molecule has 0 spiro atoms. The zero-order chi connectivity index (χ0) is 13.7. The average molecular weight is 321 g/mol. The van der Waals surface area contributed by atoms with E-state index in [9.17, 15) is 0 Å². The molecule has 2 aromatic rings. The van der Waals surface area contributed by atoms with E-state index in [-0.39, 0.29) is 0 Å². The van der Waals surface area contributed by atoms with Gasteiger partial charge in [0.05, 0.1) is 6.54 Å². The second kappa shape index (κ2) is 6.63. The molecule has 4 nitrogen and oxygen atoms in total. The highest BCUT2D eigenvalue weighted by Crippen LogP contribution is 2.15. The van der Waals surface area contributed by atoms with Gasteiger partial charge in [-0.2, -0.15) is 0 Å². The number of nitrogens with one attached hydrogen (secondary N) is 1. The van der Waals surface area contributed by atoms with E-state index in [2.05, 4.69) is 60.4 Å². The molecule has 0 amide bonds. The molecule has 1 heterocycles. The molecule has 0 aliphatic carbocycles. The quantitative estimate of drug-likeness (QED) is 0.919. The van der Waals surface area contributed by atoms with Gasteiger partial charge in [-0.3, -0.25) is 0 Å². The average Bonchev–Trinajstić information content (AvgIpc) is 2.42. The highest BCUT2D eigenvalue weighted by molar-refractivity contribution is 9.10. The van der Waals surface area contributed by atoms with Crippen molar-refractivity contribution in [2.24, 2.45) is 0 Å². The van der Waals surface area contributed by atoms with Crippen molar-refractivity contribution in [3.8, 4) is 0 Å². The van der Waals surface area contributed by atoms with Gasteiger partial charge in [0.2, 0.25) is 0 Å². The van der Waals surface area contributed by atoms with Crippen LogP contribution in [0.1, 0.15) is 11.4 Å². The maximum atomic E-state index is 4.52. The monoisotopic (exact) mass is 320 g/mol. The molecule has 0 radical (unpaired) electrons. The predicted molar refractivity (Wildman–Crippen MR) is 81.0 cm³/mol. The molecular weight excluding hydrogens is 304 g/mol. The van der Waals surface area contributed by atoms with Gasteiger partial charge in [-0.25, -0.2) is 9.97 Å². The number of hydrogen-bond donors (Lipinski definition) is 1. The zero-order valence-electron chi connectivity index (χ0n) is 11.1. The Balaban J connectivity index is 2.08. The van der Waals surface area contributed by atoms with Gasteiger partial charge in [-0.05, 0) is 30.8 Å². The Labute approximate surface area is 122 Å². The molecule has 1 N–H and O–H groups in total. The molecular formula is C14H17BrN4. The maximum absolute atomic E-state index is 4.52. The summed E-state index contributed by atoms with van der Waals surface area (Å²) in [5, 5.41) is 3.06. The highest BCUT2D eigenvalue weighted by Gasteiger charge is 2.05. The van der Waals surface area contributed by atoms with Crippen LogP contribution < -0.4 is 10.2 Å². The normalized spacial score (nSPS) is 10.5. The van der Waals surface area contributed by atoms with Crippen LogP contribution in [0.4, 0.5) is 5.82 Å². The van der Waals surface area contributed by atoms with E-state index in [1.54, 1.807) is 6.20 Å². The number of hydrogen-bond acceptors (Lipinski definition) is 4. The van der Waals surface area contributed by atoms with Crippen LogP contribution in [-0.2, 0) is 13.1 Å². The van der Waals surface area contributed by atoms with Gasteiger partial charge < -0.3 is 10.2 Å². The number of halogens is 1. The van der Waals surface area contributed by atoms with Crippen molar-refractivity contribution >= 4 is 21.7 Å². The Kier molecular flexibility index (Phi) is 4.87. The molecule has 0 aliphatic heterocycles. The van der Waals surface area contributed by atoms with Crippen LogP contribution in [0.2, 0.25) is 0 Å². The number of aromatic nitrogens is 2. The summed E-state index contributed by atoms with van der Waals surface area (Å²) >= 11 is 3.44. The fraction of sp³-hybridized carbons (Fsp3) is 0.286. The summed E-state index contributed by atoms with van der Waals surface area (Å²) in [4.78, 5) is 10.9. The first-order chi connectivity index (χ1) is 9.19. The summed E-state index contributed by atoms with van der Waals surface area (Å²) < 4.78 is 1.09. The van der Waals surface area contributed by atoms with E-state index in [1.807, 2.05) is 20.2 Å². The first kappa shape index (κ1) is 14.0. The molecule has 1 aromatic heterocycles. The van der Waals surface area contributed by atoms with Crippen molar-refractivity contribution in [1.29, 1.82) is 0 Å². The fourth-order valence-electron chi connectivity index (χ4n) is 1.79. The Morgan fingerprint density at radius 2 is 1.95 bits per heavy atom. The largest absolute Gasteiger partial charge is 0.355 e. The van der Waals surface area contributed by atoms with Gasteiger partial charge in [-0.1, -0.05) is 28.1 Å². The third-order valence-electron chi connectivity index (χ3n) is 2.75. The molecule has 0 bridgehead atoms. The Morgan fingerprint density at radius 1 is 1.21 bits per heavy atom. The number of anilines is 1. The van der Waals surface area contributed by atoms with Crippen LogP contribution in [-0.4, -0.2) is 24.1 Å². The lowest BCUT2D eigenvalue weighted by atomic mass is 10.2. The second-order valence-electron chi connectivity index (χ2n) is 4.34. The summed E-state index contributed by atoms with van der Waals surface area (Å²) in [6.45, 7) is 1.50. The van der Waals surface area contributed by atoms with Gasteiger partial charge in [0, 0.05) is 24.3 Å². The Morgan fingerprint density at radius 3 is 2.63 bits per heavy atom. The van der Waals surface area contributed by atoms with Crippen molar-refractivity contribution in [2.45, 2.75) is 13.1 Å². The van der Waals surface area contributed by atoms with Crippen LogP contribution >= 0.6 is 15.9 Å². The molecule has 100 valence electrons. The zero-order valence-corrected chi connectivity index (χ0v) is 12.7. The summed E-state index contributed by atoms with van der Waals surface area (Å²) in [6, 6.07) is 10.2. The number of nitrogens with zero attached hydrogens (tertiary/aromatic N) is 3. The summed E-state index contributed by atoms with van der Waals surface area (Å²) in [7, 11) is 3.93. The molecule has 2 rings (SSSR count). The third-order valence-corrected chi connectivity index (χ3v) is 3.28. The Hall–Kier alpha value is -1.46. The maximum Gasteiger partial charge on any atom is 0.144 e. The lowest BCUT2D eigenvalue weighted by Crippen LogP contribution is -2.19. The van der Waals surface area contributed by atoms with Crippen LogP contribution in [0.3, 0.4) is 0 Å². The molecule has 0 saturated carbocycles. The summed E-state index contributed by atoms with van der Waals surface area (Å²) in [5.41, 5.74) is 1.25. The highest BCUT2D eigenvalue weighted by atomic mass is 79.9. The van der Waals surface area contributed by atoms with Gasteiger partial charge in [0.15, 0.2) is 0 Å². The second-order valence-corrected chi connectivity index (χ2v) is 5.26. The van der Waals surface area contributed by atoms with Crippen molar-refractivity contribution in [2.75, 3.05) is 19.0 Å². The first-order valence-corrected chi connectivity index (χ1v) is 6.90. The van der Waals surface area contributed by atoms with Crippen LogP contribution in [0.25, 0.3) is 0 Å². The van der Waals surface area contributed by atoms with Gasteiger partial charge >= 0.3 is 0 Å². The van der Waals surface area contributed by atoms with Gasteiger partial charge in [0.1, 0.15) is 11.6 Å². The number of benzene rings is 1. The van der Waals surface area contributed by atoms with Crippen LogP contribution in [0.5, 0.6) is 0 Å². The van der Waals surface area contributed by atoms with E-state index < -0.39 is 0 Å². The Bertz CT molecular complexity index is 527. The minimum absolute atomic E-state index is 0.681. The van der Waals surface area contributed by atoms with E-state index in [4.69, 9.17) is 0 Å².